The second kappa shape index (κ2) is 8.43. The quantitative estimate of drug-likeness (QED) is 0.644. The van der Waals surface area contributed by atoms with E-state index < -0.39 is 11.8 Å². The largest absolute Gasteiger partial charge is 0.369 e. The molecule has 7 heteroatoms. The second-order valence-electron chi connectivity index (χ2n) is 7.39. The summed E-state index contributed by atoms with van der Waals surface area (Å²) in [7, 11) is 0. The van der Waals surface area contributed by atoms with E-state index >= 15 is 0 Å². The second-order valence-corrected chi connectivity index (χ2v) is 7.39. The number of amides is 1. The lowest BCUT2D eigenvalue weighted by Gasteiger charge is -2.22. The van der Waals surface area contributed by atoms with Gasteiger partial charge in [-0.15, -0.1) is 0 Å². The number of aromatic nitrogens is 2. The van der Waals surface area contributed by atoms with Crippen molar-refractivity contribution in [2.24, 2.45) is 11.7 Å². The summed E-state index contributed by atoms with van der Waals surface area (Å²) in [6.07, 6.45) is 2.69. The van der Waals surface area contributed by atoms with Crippen LogP contribution >= 0.6 is 0 Å². The standard InChI is InChI=1S/C22H24FN5O/c23-17-9-7-15(8-10-17)13-16(20(24)29)14-25-21-22(28-11-3-4-12-28)27-19-6-2-1-5-18(19)26-21/h1-2,5-10,16H,3-4,11-14H2,(H2,24,29)(H,25,26). The molecule has 150 valence electrons. The molecule has 1 atom stereocenters. The number of hydrogen-bond acceptors (Lipinski definition) is 5. The molecule has 2 heterocycles. The van der Waals surface area contributed by atoms with Crippen LogP contribution in [0.3, 0.4) is 0 Å². The summed E-state index contributed by atoms with van der Waals surface area (Å²) in [5.41, 5.74) is 8.14. The van der Waals surface area contributed by atoms with E-state index in [-0.39, 0.29) is 5.82 Å². The topological polar surface area (TPSA) is 84.1 Å². The molecule has 0 bridgehead atoms. The number of nitrogens with one attached hydrogen (secondary N) is 1. The average Bonchev–Trinajstić information content (AvgIpc) is 3.26. The number of primary amides is 1. The minimum atomic E-state index is -0.444. The molecule has 1 saturated heterocycles. The van der Waals surface area contributed by atoms with Crippen molar-refractivity contribution in [2.45, 2.75) is 19.3 Å². The number of para-hydroxylation sites is 2. The Hall–Kier alpha value is -3.22. The summed E-state index contributed by atoms with van der Waals surface area (Å²) in [4.78, 5) is 23.8. The first-order chi connectivity index (χ1) is 14.1. The number of nitrogens with zero attached hydrogens (tertiary/aromatic N) is 3. The minimum Gasteiger partial charge on any atom is -0.369 e. The van der Waals surface area contributed by atoms with Gasteiger partial charge in [0.2, 0.25) is 5.91 Å². The Balaban J connectivity index is 1.57. The zero-order chi connectivity index (χ0) is 20.2. The van der Waals surface area contributed by atoms with E-state index in [0.29, 0.717) is 18.8 Å². The summed E-state index contributed by atoms with van der Waals surface area (Å²) in [6.45, 7) is 2.22. The molecular weight excluding hydrogens is 369 g/mol. The molecule has 0 saturated carbocycles. The van der Waals surface area contributed by atoms with Crippen molar-refractivity contribution in [2.75, 3.05) is 29.9 Å². The van der Waals surface area contributed by atoms with Gasteiger partial charge in [-0.05, 0) is 49.1 Å². The Morgan fingerprint density at radius 2 is 1.72 bits per heavy atom. The maximum atomic E-state index is 13.1. The maximum absolute atomic E-state index is 13.1. The lowest BCUT2D eigenvalue weighted by atomic mass is 9.98. The van der Waals surface area contributed by atoms with Crippen LogP contribution in [0.15, 0.2) is 48.5 Å². The van der Waals surface area contributed by atoms with Crippen LogP contribution in [0.25, 0.3) is 11.0 Å². The fourth-order valence-electron chi connectivity index (χ4n) is 3.66. The predicted molar refractivity (Wildman–Crippen MR) is 112 cm³/mol. The van der Waals surface area contributed by atoms with Crippen LogP contribution in [-0.2, 0) is 11.2 Å². The Labute approximate surface area is 168 Å². The number of anilines is 2. The van der Waals surface area contributed by atoms with Gasteiger partial charge >= 0.3 is 0 Å². The summed E-state index contributed by atoms with van der Waals surface area (Å²) in [5, 5.41) is 3.31. The SMILES string of the molecule is NC(=O)C(CNc1nc2ccccc2nc1N1CCCC1)Cc1ccc(F)cc1. The molecular formula is C22H24FN5O. The number of hydrogen-bond donors (Lipinski definition) is 2. The molecule has 6 nitrogen and oxygen atoms in total. The number of fused-ring (bicyclic) bond motifs is 1. The first-order valence-electron chi connectivity index (χ1n) is 9.89. The monoisotopic (exact) mass is 393 g/mol. The predicted octanol–water partition coefficient (Wildman–Crippen LogP) is 3.13. The molecule has 0 radical (unpaired) electrons. The number of benzene rings is 2. The highest BCUT2D eigenvalue weighted by atomic mass is 19.1. The number of carbonyl (C=O) groups excluding carboxylic acids is 1. The van der Waals surface area contributed by atoms with E-state index in [1.807, 2.05) is 24.3 Å². The van der Waals surface area contributed by atoms with Gasteiger partial charge in [-0.1, -0.05) is 24.3 Å². The molecule has 0 aliphatic carbocycles. The van der Waals surface area contributed by atoms with Crippen molar-refractivity contribution >= 4 is 28.6 Å². The van der Waals surface area contributed by atoms with Crippen LogP contribution in [0.4, 0.5) is 16.0 Å². The molecule has 3 N–H and O–H groups in total. The lowest BCUT2D eigenvalue weighted by Crippen LogP contribution is -2.32. The van der Waals surface area contributed by atoms with Crippen LogP contribution in [0.1, 0.15) is 18.4 Å². The molecule has 1 aliphatic heterocycles. The first-order valence-corrected chi connectivity index (χ1v) is 9.89. The van der Waals surface area contributed by atoms with Gasteiger partial charge in [-0.2, -0.15) is 0 Å². The van der Waals surface area contributed by atoms with Crippen LogP contribution in [-0.4, -0.2) is 35.5 Å². The van der Waals surface area contributed by atoms with E-state index in [4.69, 9.17) is 15.7 Å². The third-order valence-corrected chi connectivity index (χ3v) is 5.27. The minimum absolute atomic E-state index is 0.302. The highest BCUT2D eigenvalue weighted by Gasteiger charge is 2.22. The molecule has 1 fully saturated rings. The smallest absolute Gasteiger partial charge is 0.222 e. The normalized spacial score (nSPS) is 14.9. The van der Waals surface area contributed by atoms with Crippen molar-refractivity contribution in [1.82, 2.24) is 9.97 Å². The highest BCUT2D eigenvalue weighted by molar-refractivity contribution is 5.81. The zero-order valence-electron chi connectivity index (χ0n) is 16.1. The van der Waals surface area contributed by atoms with E-state index in [0.717, 1.165) is 48.3 Å². The fraction of sp³-hybridized carbons (Fsp3) is 0.318. The van der Waals surface area contributed by atoms with Gasteiger partial charge in [0.25, 0.3) is 0 Å². The van der Waals surface area contributed by atoms with Gasteiger partial charge in [0.1, 0.15) is 5.82 Å². The molecule has 1 amide bonds. The molecule has 2 aromatic carbocycles. The third-order valence-electron chi connectivity index (χ3n) is 5.27. The number of nitrogens with two attached hydrogens (primary N) is 1. The first kappa shape index (κ1) is 19.1. The van der Waals surface area contributed by atoms with Gasteiger partial charge in [0.15, 0.2) is 11.6 Å². The van der Waals surface area contributed by atoms with E-state index in [9.17, 15) is 9.18 Å². The van der Waals surface area contributed by atoms with E-state index in [1.54, 1.807) is 12.1 Å². The summed E-state index contributed by atoms with van der Waals surface area (Å²) < 4.78 is 13.1. The number of carbonyl (C=O) groups is 1. The van der Waals surface area contributed by atoms with Gasteiger partial charge in [0, 0.05) is 19.6 Å². The third kappa shape index (κ3) is 4.45. The van der Waals surface area contributed by atoms with Gasteiger partial charge in [-0.25, -0.2) is 14.4 Å². The van der Waals surface area contributed by atoms with E-state index in [1.165, 1.54) is 12.1 Å². The van der Waals surface area contributed by atoms with Gasteiger partial charge < -0.3 is 16.0 Å². The van der Waals surface area contributed by atoms with Crippen LogP contribution in [0.2, 0.25) is 0 Å². The van der Waals surface area contributed by atoms with Crippen molar-refractivity contribution < 1.29 is 9.18 Å². The molecule has 0 spiro atoms. The lowest BCUT2D eigenvalue weighted by molar-refractivity contribution is -0.121. The summed E-state index contributed by atoms with van der Waals surface area (Å²) in [5.74, 6) is 0.324. The zero-order valence-corrected chi connectivity index (χ0v) is 16.1. The Bertz CT molecular complexity index is 1000. The summed E-state index contributed by atoms with van der Waals surface area (Å²) in [6, 6.07) is 13.9. The van der Waals surface area contributed by atoms with E-state index in [2.05, 4.69) is 10.2 Å². The van der Waals surface area contributed by atoms with Crippen LogP contribution in [0.5, 0.6) is 0 Å². The summed E-state index contributed by atoms with van der Waals surface area (Å²) >= 11 is 0. The van der Waals surface area contributed by atoms with Crippen molar-refractivity contribution in [3.8, 4) is 0 Å². The number of rotatable bonds is 7. The van der Waals surface area contributed by atoms with Crippen molar-refractivity contribution in [3.05, 3.63) is 59.9 Å². The van der Waals surface area contributed by atoms with Gasteiger partial charge in [-0.3, -0.25) is 4.79 Å². The Morgan fingerprint density at radius 1 is 1.07 bits per heavy atom. The Kier molecular flexibility index (Phi) is 5.55. The Morgan fingerprint density at radius 3 is 2.38 bits per heavy atom. The molecule has 3 aromatic rings. The molecule has 1 unspecified atom stereocenters. The molecule has 1 aliphatic rings. The highest BCUT2D eigenvalue weighted by Crippen LogP contribution is 2.28. The van der Waals surface area contributed by atoms with Crippen molar-refractivity contribution in [1.29, 1.82) is 0 Å². The van der Waals surface area contributed by atoms with Crippen LogP contribution in [0, 0.1) is 11.7 Å². The fourth-order valence-corrected chi connectivity index (χ4v) is 3.66. The maximum Gasteiger partial charge on any atom is 0.222 e. The van der Waals surface area contributed by atoms with Crippen molar-refractivity contribution in [3.63, 3.8) is 0 Å². The van der Waals surface area contributed by atoms with Crippen LogP contribution < -0.4 is 16.0 Å². The molecule has 1 aromatic heterocycles. The average molecular weight is 393 g/mol. The number of halogens is 1. The van der Waals surface area contributed by atoms with Gasteiger partial charge in [0.05, 0.1) is 17.0 Å². The molecule has 29 heavy (non-hydrogen) atoms. The molecule has 4 rings (SSSR count).